The van der Waals surface area contributed by atoms with E-state index in [4.69, 9.17) is 9.84 Å². The summed E-state index contributed by atoms with van der Waals surface area (Å²) in [5.41, 5.74) is -0.431. The van der Waals surface area contributed by atoms with Gasteiger partial charge in [-0.15, -0.1) is 0 Å². The van der Waals surface area contributed by atoms with Crippen LogP contribution in [0.4, 0.5) is 9.18 Å². The molecule has 0 bridgehead atoms. The molecular formula is C29H34FN5O6. The molecule has 0 aliphatic carbocycles. The first-order valence-electron chi connectivity index (χ1n) is 13.2. The molecule has 0 spiro atoms. The fraction of sp³-hybridized carbons (Fsp3) is 0.414. The number of carbonyl (C=O) groups is 4. The van der Waals surface area contributed by atoms with Crippen LogP contribution < -0.4 is 10.6 Å². The van der Waals surface area contributed by atoms with Crippen LogP contribution in [-0.4, -0.2) is 82.9 Å². The normalized spacial score (nSPS) is 19.3. The molecule has 0 radical (unpaired) electrons. The molecule has 1 unspecified atom stereocenters. The van der Waals surface area contributed by atoms with E-state index in [1.54, 1.807) is 19.2 Å². The highest BCUT2D eigenvalue weighted by molar-refractivity contribution is 6.13. The Labute approximate surface area is 237 Å². The van der Waals surface area contributed by atoms with Gasteiger partial charge in [-0.1, -0.05) is 42.5 Å². The minimum atomic E-state index is -1.53. The van der Waals surface area contributed by atoms with Gasteiger partial charge in [0.1, 0.15) is 22.8 Å². The predicted molar refractivity (Wildman–Crippen MR) is 147 cm³/mol. The molecule has 2 atom stereocenters. The maximum absolute atomic E-state index is 13.9. The van der Waals surface area contributed by atoms with E-state index in [1.165, 1.54) is 35.9 Å². The summed E-state index contributed by atoms with van der Waals surface area (Å²) in [6, 6.07) is 14.0. The average molecular weight is 568 g/mol. The van der Waals surface area contributed by atoms with Crippen LogP contribution in [0.25, 0.3) is 0 Å². The van der Waals surface area contributed by atoms with Crippen LogP contribution in [0.15, 0.2) is 59.7 Å². The van der Waals surface area contributed by atoms with E-state index >= 15 is 0 Å². The molecule has 2 aliphatic rings. The van der Waals surface area contributed by atoms with Crippen molar-refractivity contribution in [1.29, 1.82) is 0 Å². The molecule has 1 fully saturated rings. The SMILES string of the molecule is CN1N=C2CCN(C(=O)[C@@H](COCc3ccccc3)NC(=O)C(C)(C)NC(=O)O)CC2(Cc2ccc(F)cc2)C1=O. The number of halogens is 1. The van der Waals surface area contributed by atoms with Gasteiger partial charge in [-0.2, -0.15) is 5.10 Å². The minimum Gasteiger partial charge on any atom is -0.465 e. The zero-order valence-corrected chi connectivity index (χ0v) is 23.2. The Bertz CT molecular complexity index is 1330. The molecule has 0 aromatic heterocycles. The molecule has 2 aromatic carbocycles. The number of carboxylic acid groups (broad SMARTS) is 1. The van der Waals surface area contributed by atoms with Crippen molar-refractivity contribution in [2.45, 2.75) is 44.9 Å². The Morgan fingerprint density at radius 3 is 2.46 bits per heavy atom. The van der Waals surface area contributed by atoms with Gasteiger partial charge in [0.25, 0.3) is 5.91 Å². The maximum atomic E-state index is 13.9. The highest BCUT2D eigenvalue weighted by atomic mass is 19.1. The fourth-order valence-corrected chi connectivity index (χ4v) is 5.15. The van der Waals surface area contributed by atoms with Crippen molar-refractivity contribution in [2.75, 3.05) is 26.7 Å². The maximum Gasteiger partial charge on any atom is 0.405 e. The number of likely N-dealkylation sites (tertiary alicyclic amines) is 1. The van der Waals surface area contributed by atoms with E-state index in [2.05, 4.69) is 15.7 Å². The van der Waals surface area contributed by atoms with Gasteiger partial charge in [-0.3, -0.25) is 14.4 Å². The summed E-state index contributed by atoms with van der Waals surface area (Å²) in [6.07, 6.45) is -0.834. The van der Waals surface area contributed by atoms with E-state index < -0.39 is 40.7 Å². The van der Waals surface area contributed by atoms with Gasteiger partial charge in [-0.05, 0) is 43.5 Å². The van der Waals surface area contributed by atoms with Gasteiger partial charge in [-0.25, -0.2) is 14.2 Å². The van der Waals surface area contributed by atoms with Crippen molar-refractivity contribution >= 4 is 29.5 Å². The largest absolute Gasteiger partial charge is 0.465 e. The van der Waals surface area contributed by atoms with Crippen molar-refractivity contribution < 1.29 is 33.4 Å². The number of ether oxygens (including phenoxy) is 1. The second kappa shape index (κ2) is 12.0. The summed E-state index contributed by atoms with van der Waals surface area (Å²) in [5, 5.41) is 19.7. The van der Waals surface area contributed by atoms with Crippen LogP contribution in [0.3, 0.4) is 0 Å². The summed E-state index contributed by atoms with van der Waals surface area (Å²) >= 11 is 0. The Morgan fingerprint density at radius 1 is 1.12 bits per heavy atom. The highest BCUT2D eigenvalue weighted by Gasteiger charge is 2.54. The van der Waals surface area contributed by atoms with Crippen molar-refractivity contribution in [3.63, 3.8) is 0 Å². The Morgan fingerprint density at radius 2 is 1.80 bits per heavy atom. The standard InChI is InChI=1S/C29H34FN5O6/c1-28(2,32-27(39)40)25(37)31-22(17-41-16-20-7-5-4-6-8-20)24(36)35-14-13-23-29(18-35,26(38)34(3)33-23)15-19-9-11-21(30)12-10-19/h4-12,22,32H,13-18H2,1-3H3,(H,31,37)(H,39,40)/t22-,29?/m1/s1. The molecule has 0 saturated carbocycles. The first-order valence-corrected chi connectivity index (χ1v) is 13.2. The van der Waals surface area contributed by atoms with Crippen molar-refractivity contribution in [3.8, 4) is 0 Å². The molecule has 41 heavy (non-hydrogen) atoms. The number of hydrogen-bond donors (Lipinski definition) is 3. The van der Waals surface area contributed by atoms with E-state index in [0.29, 0.717) is 12.1 Å². The van der Waals surface area contributed by atoms with Crippen LogP contribution in [0.5, 0.6) is 0 Å². The molecule has 2 heterocycles. The van der Waals surface area contributed by atoms with E-state index in [0.717, 1.165) is 11.1 Å². The molecule has 4 amide bonds. The summed E-state index contributed by atoms with van der Waals surface area (Å²) in [4.78, 5) is 53.2. The van der Waals surface area contributed by atoms with Crippen LogP contribution in [0, 0.1) is 11.2 Å². The van der Waals surface area contributed by atoms with Gasteiger partial charge in [0.05, 0.1) is 18.9 Å². The van der Waals surface area contributed by atoms with Crippen LogP contribution in [-0.2, 0) is 32.1 Å². The lowest BCUT2D eigenvalue weighted by Gasteiger charge is -2.41. The lowest BCUT2D eigenvalue weighted by atomic mass is 9.73. The topological polar surface area (TPSA) is 141 Å². The van der Waals surface area contributed by atoms with Crippen LogP contribution in [0.1, 0.15) is 31.4 Å². The summed E-state index contributed by atoms with van der Waals surface area (Å²) in [6.45, 7) is 3.04. The molecule has 11 nitrogen and oxygen atoms in total. The molecule has 2 aromatic rings. The third-order valence-corrected chi connectivity index (χ3v) is 7.32. The van der Waals surface area contributed by atoms with Gasteiger partial charge < -0.3 is 25.4 Å². The molecule has 1 saturated heterocycles. The summed E-state index contributed by atoms with van der Waals surface area (Å²) in [5.74, 6) is -1.86. The van der Waals surface area contributed by atoms with E-state index in [1.807, 2.05) is 30.3 Å². The lowest BCUT2D eigenvalue weighted by molar-refractivity contribution is -0.144. The lowest BCUT2D eigenvalue weighted by Crippen LogP contribution is -2.62. The van der Waals surface area contributed by atoms with Crippen molar-refractivity contribution in [2.24, 2.45) is 10.5 Å². The quantitative estimate of drug-likeness (QED) is 0.402. The van der Waals surface area contributed by atoms with Crippen LogP contribution >= 0.6 is 0 Å². The summed E-state index contributed by atoms with van der Waals surface area (Å²) in [7, 11) is 1.56. The molecule has 12 heteroatoms. The first-order chi connectivity index (χ1) is 19.4. The first kappa shape index (κ1) is 29.7. The molecule has 2 aliphatic heterocycles. The van der Waals surface area contributed by atoms with Gasteiger partial charge in [0.2, 0.25) is 11.8 Å². The molecular weight excluding hydrogens is 533 g/mol. The second-order valence-corrected chi connectivity index (χ2v) is 10.9. The number of nitrogens with zero attached hydrogens (tertiary/aromatic N) is 3. The number of carbonyl (C=O) groups excluding carboxylic acids is 3. The Hall–Kier alpha value is -4.32. The average Bonchev–Trinajstić information content (AvgIpc) is 3.17. The zero-order chi connectivity index (χ0) is 29.8. The monoisotopic (exact) mass is 567 g/mol. The summed E-state index contributed by atoms with van der Waals surface area (Å²) < 4.78 is 19.4. The van der Waals surface area contributed by atoms with Crippen LogP contribution in [0.2, 0.25) is 0 Å². The number of hydrogen-bond acceptors (Lipinski definition) is 6. The van der Waals surface area contributed by atoms with Gasteiger partial charge in [0, 0.05) is 26.6 Å². The molecule has 218 valence electrons. The smallest absolute Gasteiger partial charge is 0.405 e. The predicted octanol–water partition coefficient (Wildman–Crippen LogP) is 2.16. The molecule has 3 N–H and O–H groups in total. The van der Waals surface area contributed by atoms with E-state index in [-0.39, 0.29) is 38.6 Å². The van der Waals surface area contributed by atoms with Crippen molar-refractivity contribution in [1.82, 2.24) is 20.5 Å². The number of nitrogens with one attached hydrogen (secondary N) is 2. The highest BCUT2D eigenvalue weighted by Crippen LogP contribution is 2.38. The number of benzene rings is 2. The van der Waals surface area contributed by atoms with Crippen molar-refractivity contribution in [3.05, 3.63) is 71.5 Å². The second-order valence-electron chi connectivity index (χ2n) is 10.9. The number of piperidine rings is 1. The number of rotatable bonds is 10. The number of fused-ring (bicyclic) bond motifs is 1. The zero-order valence-electron chi connectivity index (χ0n) is 23.2. The van der Waals surface area contributed by atoms with Gasteiger partial charge >= 0.3 is 6.09 Å². The third-order valence-electron chi connectivity index (χ3n) is 7.32. The number of amides is 4. The number of hydrazone groups is 1. The fourth-order valence-electron chi connectivity index (χ4n) is 5.15. The third kappa shape index (κ3) is 6.71. The van der Waals surface area contributed by atoms with Gasteiger partial charge in [0.15, 0.2) is 0 Å². The molecule has 4 rings (SSSR count). The Balaban J connectivity index is 1.56. The Kier molecular flexibility index (Phi) is 8.72. The minimum absolute atomic E-state index is 0.00699. The van der Waals surface area contributed by atoms with E-state index in [9.17, 15) is 23.6 Å².